The summed E-state index contributed by atoms with van der Waals surface area (Å²) in [6.45, 7) is 0.294. The van der Waals surface area contributed by atoms with E-state index in [2.05, 4.69) is 10.3 Å². The molecule has 1 atom stereocenters. The summed E-state index contributed by atoms with van der Waals surface area (Å²) in [4.78, 5) is 38.7. The van der Waals surface area contributed by atoms with Crippen molar-refractivity contribution in [3.05, 3.63) is 40.9 Å². The summed E-state index contributed by atoms with van der Waals surface area (Å²) in [5, 5.41) is 20.9. The SMILES string of the molecule is CC(O)(CNC(=O)Cn1cnc2ccccc2c1=O)C(=O)O. The second-order valence-electron chi connectivity index (χ2n) is 5.05. The first-order valence-electron chi connectivity index (χ1n) is 6.48. The molecule has 1 heterocycles. The molecule has 1 amide bonds. The molecule has 0 bridgehead atoms. The van der Waals surface area contributed by atoms with Crippen LogP contribution in [0.2, 0.25) is 0 Å². The van der Waals surface area contributed by atoms with Gasteiger partial charge in [-0.05, 0) is 19.1 Å². The van der Waals surface area contributed by atoms with Crippen LogP contribution < -0.4 is 10.9 Å². The lowest BCUT2D eigenvalue weighted by Crippen LogP contribution is -2.47. The van der Waals surface area contributed by atoms with Crippen LogP contribution in [-0.2, 0) is 16.1 Å². The van der Waals surface area contributed by atoms with Crippen LogP contribution in [0.15, 0.2) is 35.4 Å². The van der Waals surface area contributed by atoms with Crippen molar-refractivity contribution in [3.63, 3.8) is 0 Å². The van der Waals surface area contributed by atoms with E-state index in [9.17, 15) is 19.5 Å². The van der Waals surface area contributed by atoms with Crippen LogP contribution in [0.5, 0.6) is 0 Å². The monoisotopic (exact) mass is 305 g/mol. The van der Waals surface area contributed by atoms with Gasteiger partial charge in [0.15, 0.2) is 5.60 Å². The van der Waals surface area contributed by atoms with Crippen molar-refractivity contribution in [1.82, 2.24) is 14.9 Å². The highest BCUT2D eigenvalue weighted by Gasteiger charge is 2.30. The van der Waals surface area contributed by atoms with Gasteiger partial charge in [0.1, 0.15) is 6.54 Å². The molecule has 116 valence electrons. The summed E-state index contributed by atoms with van der Waals surface area (Å²) >= 11 is 0. The number of nitrogens with one attached hydrogen (secondary N) is 1. The summed E-state index contributed by atoms with van der Waals surface area (Å²) < 4.78 is 1.12. The van der Waals surface area contributed by atoms with Gasteiger partial charge in [-0.1, -0.05) is 12.1 Å². The summed E-state index contributed by atoms with van der Waals surface area (Å²) in [6.07, 6.45) is 1.25. The summed E-state index contributed by atoms with van der Waals surface area (Å²) in [5.41, 5.74) is -1.91. The van der Waals surface area contributed by atoms with Crippen LogP contribution in [0.4, 0.5) is 0 Å². The van der Waals surface area contributed by atoms with Crippen molar-refractivity contribution in [2.24, 2.45) is 0 Å². The van der Waals surface area contributed by atoms with Gasteiger partial charge in [-0.3, -0.25) is 14.2 Å². The highest BCUT2D eigenvalue weighted by Crippen LogP contribution is 2.04. The maximum absolute atomic E-state index is 12.2. The molecule has 0 saturated carbocycles. The standard InChI is InChI=1S/C14H15N3O5/c1-14(22,13(20)21)7-15-11(18)6-17-8-16-10-5-3-2-4-9(10)12(17)19/h2-5,8,22H,6-7H2,1H3,(H,15,18)(H,20,21). The number of fused-ring (bicyclic) bond motifs is 1. The molecule has 1 aromatic carbocycles. The van der Waals surface area contributed by atoms with E-state index in [0.717, 1.165) is 11.5 Å². The molecule has 0 saturated heterocycles. The maximum atomic E-state index is 12.2. The molecule has 0 aliphatic heterocycles. The molecule has 22 heavy (non-hydrogen) atoms. The molecular formula is C14H15N3O5. The van der Waals surface area contributed by atoms with Gasteiger partial charge < -0.3 is 15.5 Å². The summed E-state index contributed by atoms with van der Waals surface area (Å²) in [7, 11) is 0. The average Bonchev–Trinajstić information content (AvgIpc) is 2.48. The fourth-order valence-corrected chi connectivity index (χ4v) is 1.78. The first-order valence-corrected chi connectivity index (χ1v) is 6.48. The Bertz CT molecular complexity index is 781. The Morgan fingerprint density at radius 2 is 2.05 bits per heavy atom. The van der Waals surface area contributed by atoms with E-state index in [1.807, 2.05) is 0 Å². The number of aliphatic carboxylic acids is 1. The zero-order valence-corrected chi connectivity index (χ0v) is 11.8. The smallest absolute Gasteiger partial charge is 0.337 e. The minimum absolute atomic E-state index is 0.313. The first kappa shape index (κ1) is 15.6. The van der Waals surface area contributed by atoms with E-state index in [1.54, 1.807) is 24.3 Å². The quantitative estimate of drug-likeness (QED) is 0.675. The lowest BCUT2D eigenvalue weighted by Gasteiger charge is -2.18. The third-order valence-electron chi connectivity index (χ3n) is 3.14. The average molecular weight is 305 g/mol. The Kier molecular flexibility index (Phi) is 4.22. The first-order chi connectivity index (χ1) is 10.3. The fraction of sp³-hybridized carbons (Fsp3) is 0.286. The van der Waals surface area contributed by atoms with Crippen LogP contribution in [0, 0.1) is 0 Å². The van der Waals surface area contributed by atoms with E-state index in [4.69, 9.17) is 5.11 Å². The van der Waals surface area contributed by atoms with E-state index >= 15 is 0 Å². The van der Waals surface area contributed by atoms with Crippen LogP contribution in [0.1, 0.15) is 6.92 Å². The predicted molar refractivity (Wildman–Crippen MR) is 77.3 cm³/mol. The van der Waals surface area contributed by atoms with Gasteiger partial charge in [0.25, 0.3) is 5.56 Å². The third-order valence-corrected chi connectivity index (χ3v) is 3.14. The summed E-state index contributed by atoms with van der Waals surface area (Å²) in [6, 6.07) is 6.74. The van der Waals surface area contributed by atoms with Crippen LogP contribution in [0.3, 0.4) is 0 Å². The lowest BCUT2D eigenvalue weighted by molar-refractivity contribution is -0.156. The molecule has 0 radical (unpaired) electrons. The predicted octanol–water partition coefficient (Wildman–Crippen LogP) is -0.652. The molecule has 0 aliphatic rings. The van der Waals surface area contributed by atoms with Gasteiger partial charge in [0.2, 0.25) is 5.91 Å². The zero-order valence-electron chi connectivity index (χ0n) is 11.8. The number of aromatic nitrogens is 2. The number of nitrogens with zero attached hydrogens (tertiary/aromatic N) is 2. The Morgan fingerprint density at radius 1 is 1.36 bits per heavy atom. The third kappa shape index (κ3) is 3.29. The number of carbonyl (C=O) groups excluding carboxylic acids is 1. The number of hydrogen-bond donors (Lipinski definition) is 3. The van der Waals surface area contributed by atoms with Crippen LogP contribution >= 0.6 is 0 Å². The van der Waals surface area contributed by atoms with Gasteiger partial charge >= 0.3 is 5.97 Å². The Labute approximate surface area is 125 Å². The van der Waals surface area contributed by atoms with Crippen molar-refractivity contribution in [3.8, 4) is 0 Å². The molecular weight excluding hydrogens is 290 g/mol. The minimum atomic E-state index is -2.07. The second-order valence-corrected chi connectivity index (χ2v) is 5.05. The second kappa shape index (κ2) is 5.94. The number of carboxylic acids is 1. The number of hydrogen-bond acceptors (Lipinski definition) is 5. The van der Waals surface area contributed by atoms with Crippen molar-refractivity contribution in [1.29, 1.82) is 0 Å². The lowest BCUT2D eigenvalue weighted by atomic mass is 10.1. The molecule has 1 unspecified atom stereocenters. The molecule has 1 aromatic heterocycles. The number of carbonyl (C=O) groups is 2. The Hall–Kier alpha value is -2.74. The zero-order chi connectivity index (χ0) is 16.3. The normalized spacial score (nSPS) is 13.5. The molecule has 0 aliphatic carbocycles. The highest BCUT2D eigenvalue weighted by molar-refractivity contribution is 5.81. The Balaban J connectivity index is 2.11. The van der Waals surface area contributed by atoms with Gasteiger partial charge in [0, 0.05) is 0 Å². The van der Waals surface area contributed by atoms with Gasteiger partial charge in [-0.25, -0.2) is 9.78 Å². The molecule has 2 aromatic rings. The molecule has 0 spiro atoms. The topological polar surface area (TPSA) is 122 Å². The van der Waals surface area contributed by atoms with Crippen molar-refractivity contribution >= 4 is 22.8 Å². The van der Waals surface area contributed by atoms with Crippen molar-refractivity contribution < 1.29 is 19.8 Å². The molecule has 2 rings (SSSR count). The fourth-order valence-electron chi connectivity index (χ4n) is 1.78. The van der Waals surface area contributed by atoms with Crippen LogP contribution in [-0.4, -0.2) is 43.8 Å². The van der Waals surface area contributed by atoms with Gasteiger partial charge in [-0.15, -0.1) is 0 Å². The number of para-hydroxylation sites is 1. The number of rotatable bonds is 5. The van der Waals surface area contributed by atoms with E-state index in [1.165, 1.54) is 6.33 Å². The molecule has 8 nitrogen and oxygen atoms in total. The van der Waals surface area contributed by atoms with Gasteiger partial charge in [0.05, 0.1) is 23.8 Å². The van der Waals surface area contributed by atoms with Gasteiger partial charge in [-0.2, -0.15) is 0 Å². The van der Waals surface area contributed by atoms with Crippen molar-refractivity contribution in [2.75, 3.05) is 6.54 Å². The number of carboxylic acid groups (broad SMARTS) is 1. The summed E-state index contributed by atoms with van der Waals surface area (Å²) in [5.74, 6) is -2.04. The van der Waals surface area contributed by atoms with Crippen LogP contribution in [0.25, 0.3) is 10.9 Å². The number of amides is 1. The molecule has 8 heteroatoms. The van der Waals surface area contributed by atoms with Crippen molar-refractivity contribution in [2.45, 2.75) is 19.1 Å². The molecule has 0 fully saturated rings. The maximum Gasteiger partial charge on any atom is 0.337 e. The van der Waals surface area contributed by atoms with E-state index < -0.39 is 24.0 Å². The Morgan fingerprint density at radius 3 is 2.73 bits per heavy atom. The number of benzene rings is 1. The minimum Gasteiger partial charge on any atom is -0.479 e. The highest BCUT2D eigenvalue weighted by atomic mass is 16.4. The van der Waals surface area contributed by atoms with E-state index in [0.29, 0.717) is 10.9 Å². The largest absolute Gasteiger partial charge is 0.479 e. The van der Waals surface area contributed by atoms with E-state index in [-0.39, 0.29) is 12.1 Å². The number of aliphatic hydroxyl groups is 1. The molecule has 3 N–H and O–H groups in total.